The molecule has 4 nitrogen and oxygen atoms in total. The van der Waals surface area contributed by atoms with Crippen molar-refractivity contribution in [2.45, 2.75) is 0 Å². The first kappa shape index (κ1) is 17.3. The number of amides is 1. The number of anilines is 1. The summed E-state index contributed by atoms with van der Waals surface area (Å²) < 4.78 is 1.96. The van der Waals surface area contributed by atoms with Crippen molar-refractivity contribution in [1.82, 2.24) is 4.57 Å². The van der Waals surface area contributed by atoms with Crippen molar-refractivity contribution in [3.8, 4) is 11.8 Å². The molecule has 4 heteroatoms. The maximum atomic E-state index is 12.5. The number of benzene rings is 3. The third-order valence-electron chi connectivity index (χ3n) is 4.48. The number of nitriles is 1. The van der Waals surface area contributed by atoms with Gasteiger partial charge in [0.15, 0.2) is 0 Å². The largest absolute Gasteiger partial charge is 0.321 e. The molecule has 0 aliphatic heterocycles. The number of nitrogens with one attached hydrogen (secondary N) is 1. The number of hydrogen-bond acceptors (Lipinski definition) is 2. The van der Waals surface area contributed by atoms with Gasteiger partial charge >= 0.3 is 0 Å². The third-order valence-corrected chi connectivity index (χ3v) is 4.48. The summed E-state index contributed by atoms with van der Waals surface area (Å²) >= 11 is 0. The van der Waals surface area contributed by atoms with Gasteiger partial charge in [0.2, 0.25) is 0 Å². The van der Waals surface area contributed by atoms with Crippen LogP contribution in [-0.4, -0.2) is 10.5 Å². The number of fused-ring (bicyclic) bond motifs is 1. The molecule has 0 radical (unpaired) electrons. The van der Waals surface area contributed by atoms with Gasteiger partial charge in [-0.3, -0.25) is 4.79 Å². The lowest BCUT2D eigenvalue weighted by Gasteiger charge is -2.09. The Kier molecular flexibility index (Phi) is 4.73. The summed E-state index contributed by atoms with van der Waals surface area (Å²) in [5, 5.41) is 14.5. The van der Waals surface area contributed by atoms with Crippen molar-refractivity contribution in [2.24, 2.45) is 0 Å². The first-order chi connectivity index (χ1) is 13.7. The monoisotopic (exact) mass is 363 g/mol. The molecule has 134 valence electrons. The van der Waals surface area contributed by atoms with E-state index in [2.05, 4.69) is 29.6 Å². The Bertz CT molecular complexity index is 1210. The van der Waals surface area contributed by atoms with E-state index < -0.39 is 5.91 Å². The summed E-state index contributed by atoms with van der Waals surface area (Å²) in [7, 11) is 0. The average Bonchev–Trinajstić information content (AvgIpc) is 3.20. The van der Waals surface area contributed by atoms with Gasteiger partial charge in [-0.25, -0.2) is 0 Å². The molecule has 0 atom stereocenters. The van der Waals surface area contributed by atoms with Gasteiger partial charge in [0.1, 0.15) is 11.6 Å². The Hall–Kier alpha value is -4.10. The summed E-state index contributed by atoms with van der Waals surface area (Å²) in [6.45, 7) is 0. The minimum atomic E-state index is -0.431. The van der Waals surface area contributed by atoms with Gasteiger partial charge in [0, 0.05) is 23.3 Å². The molecule has 28 heavy (non-hydrogen) atoms. The fraction of sp³-hybridized carbons (Fsp3) is 0. The smallest absolute Gasteiger partial charge is 0.266 e. The number of aromatic nitrogens is 1. The molecule has 3 aromatic carbocycles. The second kappa shape index (κ2) is 7.65. The van der Waals surface area contributed by atoms with Crippen molar-refractivity contribution < 1.29 is 4.79 Å². The zero-order valence-corrected chi connectivity index (χ0v) is 15.0. The SMILES string of the molecule is N#C/C(=C/c1cccn1-c1ccc2ccccc2c1)C(=O)Nc1ccccc1. The Labute approximate surface area is 163 Å². The first-order valence-electron chi connectivity index (χ1n) is 8.89. The van der Waals surface area contributed by atoms with Crippen LogP contribution >= 0.6 is 0 Å². The molecular formula is C24H17N3O. The summed E-state index contributed by atoms with van der Waals surface area (Å²) in [6.07, 6.45) is 3.52. The summed E-state index contributed by atoms with van der Waals surface area (Å²) in [4.78, 5) is 12.5. The van der Waals surface area contributed by atoms with Crippen molar-refractivity contribution >= 4 is 28.4 Å². The minimum absolute atomic E-state index is 0.0459. The fourth-order valence-corrected chi connectivity index (χ4v) is 3.09. The van der Waals surface area contributed by atoms with Crippen LogP contribution < -0.4 is 5.32 Å². The molecule has 0 bridgehead atoms. The van der Waals surface area contributed by atoms with Crippen LogP contribution in [0.25, 0.3) is 22.5 Å². The molecule has 0 saturated heterocycles. The molecule has 1 amide bonds. The fourth-order valence-electron chi connectivity index (χ4n) is 3.09. The highest BCUT2D eigenvalue weighted by Crippen LogP contribution is 2.21. The van der Waals surface area contributed by atoms with Crippen LogP contribution in [0.15, 0.2) is 96.7 Å². The van der Waals surface area contributed by atoms with Crippen LogP contribution in [0.5, 0.6) is 0 Å². The summed E-state index contributed by atoms with van der Waals surface area (Å²) in [5.74, 6) is -0.431. The lowest BCUT2D eigenvalue weighted by Crippen LogP contribution is -2.13. The van der Waals surface area contributed by atoms with Crippen molar-refractivity contribution in [3.05, 3.63) is 102 Å². The molecule has 1 N–H and O–H groups in total. The van der Waals surface area contributed by atoms with E-state index in [1.54, 1.807) is 18.2 Å². The molecule has 0 spiro atoms. The standard InChI is InChI=1S/C24H17N3O/c25-17-20(24(28)26-21-9-2-1-3-10-21)16-22-11-6-14-27(22)23-13-12-18-7-4-5-8-19(18)15-23/h1-16H,(H,26,28)/b20-16-. The van der Waals surface area contributed by atoms with Crippen LogP contribution in [0.1, 0.15) is 5.69 Å². The van der Waals surface area contributed by atoms with Gasteiger partial charge in [-0.05, 0) is 53.2 Å². The third kappa shape index (κ3) is 3.55. The zero-order valence-electron chi connectivity index (χ0n) is 15.0. The second-order valence-electron chi connectivity index (χ2n) is 6.32. The normalized spacial score (nSPS) is 11.2. The number of carbonyl (C=O) groups excluding carboxylic acids is 1. The maximum Gasteiger partial charge on any atom is 0.266 e. The molecule has 1 heterocycles. The van der Waals surface area contributed by atoms with Crippen LogP contribution in [0.2, 0.25) is 0 Å². The average molecular weight is 363 g/mol. The predicted molar refractivity (Wildman–Crippen MR) is 112 cm³/mol. The van der Waals surface area contributed by atoms with Gasteiger partial charge < -0.3 is 9.88 Å². The minimum Gasteiger partial charge on any atom is -0.321 e. The zero-order chi connectivity index (χ0) is 19.3. The van der Waals surface area contributed by atoms with Crippen LogP contribution in [0.3, 0.4) is 0 Å². The number of carbonyl (C=O) groups is 1. The lowest BCUT2D eigenvalue weighted by atomic mass is 10.1. The van der Waals surface area contributed by atoms with E-state index in [0.717, 1.165) is 22.2 Å². The molecular weight excluding hydrogens is 346 g/mol. The molecule has 4 aromatic rings. The Morgan fingerprint density at radius 3 is 2.43 bits per heavy atom. The predicted octanol–water partition coefficient (Wildman–Crippen LogP) is 5.18. The van der Waals surface area contributed by atoms with Crippen LogP contribution in [-0.2, 0) is 4.79 Å². The number of para-hydroxylation sites is 1. The van der Waals surface area contributed by atoms with Gasteiger partial charge in [0.05, 0.1) is 0 Å². The van der Waals surface area contributed by atoms with Gasteiger partial charge in [-0.2, -0.15) is 5.26 Å². The van der Waals surface area contributed by atoms with E-state index in [4.69, 9.17) is 0 Å². The van der Waals surface area contributed by atoms with Crippen molar-refractivity contribution in [2.75, 3.05) is 5.32 Å². The quantitative estimate of drug-likeness (QED) is 0.401. The highest BCUT2D eigenvalue weighted by molar-refractivity contribution is 6.09. The maximum absolute atomic E-state index is 12.5. The van der Waals surface area contributed by atoms with E-state index in [9.17, 15) is 10.1 Å². The number of rotatable bonds is 4. The van der Waals surface area contributed by atoms with E-state index in [1.165, 1.54) is 0 Å². The Morgan fingerprint density at radius 2 is 1.64 bits per heavy atom. The number of hydrogen-bond donors (Lipinski definition) is 1. The van der Waals surface area contributed by atoms with Gasteiger partial charge in [-0.15, -0.1) is 0 Å². The summed E-state index contributed by atoms with van der Waals surface area (Å²) in [6, 6.07) is 29.2. The van der Waals surface area contributed by atoms with E-state index >= 15 is 0 Å². The Balaban J connectivity index is 1.67. The molecule has 0 unspecified atom stereocenters. The lowest BCUT2D eigenvalue weighted by molar-refractivity contribution is -0.112. The molecule has 0 aliphatic rings. The van der Waals surface area contributed by atoms with Crippen LogP contribution in [0, 0.1) is 11.3 Å². The summed E-state index contributed by atoms with van der Waals surface area (Å²) in [5.41, 5.74) is 2.42. The van der Waals surface area contributed by atoms with Gasteiger partial charge in [0.25, 0.3) is 5.91 Å². The number of nitrogens with zero attached hydrogens (tertiary/aromatic N) is 2. The molecule has 0 saturated carbocycles. The van der Waals surface area contributed by atoms with E-state index in [0.29, 0.717) is 5.69 Å². The first-order valence-corrected chi connectivity index (χ1v) is 8.89. The highest BCUT2D eigenvalue weighted by Gasteiger charge is 2.11. The van der Waals surface area contributed by atoms with E-state index in [1.807, 2.05) is 65.4 Å². The molecule has 4 rings (SSSR count). The van der Waals surface area contributed by atoms with Crippen molar-refractivity contribution in [3.63, 3.8) is 0 Å². The van der Waals surface area contributed by atoms with Crippen LogP contribution in [0.4, 0.5) is 5.69 Å². The molecule has 1 aromatic heterocycles. The topological polar surface area (TPSA) is 57.8 Å². The van der Waals surface area contributed by atoms with E-state index in [-0.39, 0.29) is 5.57 Å². The van der Waals surface area contributed by atoms with Crippen molar-refractivity contribution in [1.29, 1.82) is 5.26 Å². The van der Waals surface area contributed by atoms with Gasteiger partial charge in [-0.1, -0.05) is 48.5 Å². The molecule has 0 aliphatic carbocycles. The highest BCUT2D eigenvalue weighted by atomic mass is 16.1. The molecule has 0 fully saturated rings. The second-order valence-corrected chi connectivity index (χ2v) is 6.32. The Morgan fingerprint density at radius 1 is 0.893 bits per heavy atom.